The predicted molar refractivity (Wildman–Crippen MR) is 155 cm³/mol. The first-order chi connectivity index (χ1) is 19.2. The fourth-order valence-electron chi connectivity index (χ4n) is 6.94. The van der Waals surface area contributed by atoms with Gasteiger partial charge in [-0.2, -0.15) is 0 Å². The summed E-state index contributed by atoms with van der Waals surface area (Å²) in [6.45, 7) is 9.93. The summed E-state index contributed by atoms with van der Waals surface area (Å²) >= 11 is 0. The zero-order chi connectivity index (χ0) is 28.2. The fourth-order valence-corrected chi connectivity index (χ4v) is 6.94. The molecular weight excluding hydrogens is 500 g/mol. The van der Waals surface area contributed by atoms with E-state index < -0.39 is 5.41 Å². The molecule has 0 saturated heterocycles. The lowest BCUT2D eigenvalue weighted by Gasteiger charge is -2.35. The Kier molecular flexibility index (Phi) is 6.65. The van der Waals surface area contributed by atoms with E-state index >= 15 is 0 Å². The van der Waals surface area contributed by atoms with Crippen LogP contribution in [-0.2, 0) is 29.5 Å². The number of hydrogen-bond donors (Lipinski definition) is 0. The van der Waals surface area contributed by atoms with Gasteiger partial charge in [0.15, 0.2) is 0 Å². The van der Waals surface area contributed by atoms with E-state index in [4.69, 9.17) is 9.47 Å². The molecular formula is C33H38N4O3. The van der Waals surface area contributed by atoms with Crippen LogP contribution in [-0.4, -0.2) is 45.6 Å². The van der Waals surface area contributed by atoms with Gasteiger partial charge in [-0.25, -0.2) is 4.68 Å². The number of carbonyl (C=O) groups is 1. The number of rotatable bonds is 5. The van der Waals surface area contributed by atoms with Crippen molar-refractivity contribution in [1.29, 1.82) is 0 Å². The van der Waals surface area contributed by atoms with E-state index in [1.807, 2.05) is 27.0 Å². The molecule has 1 aliphatic carbocycles. The van der Waals surface area contributed by atoms with Crippen LogP contribution in [0, 0.1) is 12.3 Å². The maximum Gasteiger partial charge on any atom is 0.312 e. The first-order valence-corrected chi connectivity index (χ1v) is 14.2. The van der Waals surface area contributed by atoms with Crippen molar-refractivity contribution in [2.24, 2.45) is 12.5 Å². The predicted octanol–water partition coefficient (Wildman–Crippen LogP) is 5.88. The molecule has 0 spiro atoms. The van der Waals surface area contributed by atoms with Gasteiger partial charge in [0.1, 0.15) is 17.4 Å². The van der Waals surface area contributed by atoms with E-state index in [1.54, 1.807) is 4.68 Å². The molecule has 3 aromatic carbocycles. The van der Waals surface area contributed by atoms with Gasteiger partial charge in [0.25, 0.3) is 0 Å². The number of para-hydroxylation sites is 1. The van der Waals surface area contributed by atoms with Crippen molar-refractivity contribution in [3.8, 4) is 5.75 Å². The highest BCUT2D eigenvalue weighted by atomic mass is 16.5. The van der Waals surface area contributed by atoms with Crippen molar-refractivity contribution in [2.45, 2.75) is 65.1 Å². The van der Waals surface area contributed by atoms with E-state index in [9.17, 15) is 4.79 Å². The molecule has 0 amide bonds. The zero-order valence-electron chi connectivity index (χ0n) is 24.3. The highest BCUT2D eigenvalue weighted by molar-refractivity contribution is 5.82. The molecule has 0 fully saturated rings. The molecule has 7 heteroatoms. The average molecular weight is 539 g/mol. The number of esters is 1. The van der Waals surface area contributed by atoms with Crippen LogP contribution in [0.3, 0.4) is 0 Å². The van der Waals surface area contributed by atoms with Gasteiger partial charge in [0.2, 0.25) is 0 Å². The molecule has 2 heterocycles. The third-order valence-corrected chi connectivity index (χ3v) is 8.98. The quantitative estimate of drug-likeness (QED) is 0.296. The Balaban J connectivity index is 1.45. The van der Waals surface area contributed by atoms with Crippen molar-refractivity contribution < 1.29 is 14.3 Å². The van der Waals surface area contributed by atoms with Gasteiger partial charge in [-0.05, 0) is 80.5 Å². The number of hydrogen-bond acceptors (Lipinski definition) is 6. The van der Waals surface area contributed by atoms with E-state index in [0.29, 0.717) is 0 Å². The van der Waals surface area contributed by atoms with E-state index in [1.165, 1.54) is 23.8 Å². The summed E-state index contributed by atoms with van der Waals surface area (Å²) in [6, 6.07) is 19.7. The molecule has 1 aromatic heterocycles. The highest BCUT2D eigenvalue weighted by Crippen LogP contribution is 2.47. The first-order valence-electron chi connectivity index (χ1n) is 14.2. The second kappa shape index (κ2) is 10.0. The number of nitrogens with zero attached hydrogens (tertiary/aromatic N) is 4. The molecule has 0 bridgehead atoms. The number of aryl methyl sites for hydroxylation is 3. The van der Waals surface area contributed by atoms with Crippen LogP contribution in [0.4, 0.5) is 0 Å². The van der Waals surface area contributed by atoms with Crippen molar-refractivity contribution >= 4 is 17.0 Å². The molecule has 0 saturated carbocycles. The Morgan fingerprint density at radius 1 is 1.12 bits per heavy atom. The normalized spacial score (nSPS) is 19.9. The van der Waals surface area contributed by atoms with Crippen molar-refractivity contribution in [3.63, 3.8) is 0 Å². The Hall–Kier alpha value is -3.71. The lowest BCUT2D eigenvalue weighted by atomic mass is 9.69. The van der Waals surface area contributed by atoms with Crippen molar-refractivity contribution in [3.05, 3.63) is 88.0 Å². The van der Waals surface area contributed by atoms with Crippen molar-refractivity contribution in [1.82, 2.24) is 19.9 Å². The summed E-state index contributed by atoms with van der Waals surface area (Å²) in [6.07, 6.45) is 2.22. The third kappa shape index (κ3) is 4.37. The Morgan fingerprint density at radius 3 is 2.73 bits per heavy atom. The topological polar surface area (TPSA) is 69.5 Å². The second-order valence-electron chi connectivity index (χ2n) is 12.0. The first kappa shape index (κ1) is 26.5. The number of aromatic nitrogens is 3. The largest absolute Gasteiger partial charge is 0.489 e. The van der Waals surface area contributed by atoms with Gasteiger partial charge in [0.05, 0.1) is 18.0 Å². The van der Waals surface area contributed by atoms with E-state index in [2.05, 4.69) is 77.6 Å². The summed E-state index contributed by atoms with van der Waals surface area (Å²) in [7, 11) is 3.37. The molecule has 40 heavy (non-hydrogen) atoms. The summed E-state index contributed by atoms with van der Waals surface area (Å²) in [5.74, 6) is 0.535. The molecule has 2 aliphatic rings. The lowest BCUT2D eigenvalue weighted by molar-refractivity contribution is -0.151. The van der Waals surface area contributed by atoms with Gasteiger partial charge < -0.3 is 9.47 Å². The molecule has 208 valence electrons. The highest BCUT2D eigenvalue weighted by Gasteiger charge is 2.42. The van der Waals surface area contributed by atoms with Gasteiger partial charge in [-0.15, -0.1) is 5.10 Å². The molecule has 4 aromatic rings. The number of fused-ring (bicyclic) bond motifs is 3. The molecule has 7 nitrogen and oxygen atoms in total. The minimum absolute atomic E-state index is 0.100. The number of methoxy groups -OCH3 is 1. The second-order valence-corrected chi connectivity index (χ2v) is 12.0. The molecule has 3 unspecified atom stereocenters. The standard InChI is InChI=1S/C33H38N4O3/c1-20-18-37(19-24-9-7-8-10-29(24)40-20)27-15-13-22-11-12-23(17-26(22)27)30(33(3,4)32(38)39-6)25-14-16-28-31(21(25)2)34-35-36(28)5/h7-12,14,16-17,20,27,30H,13,15,18-19H2,1-6H3. The third-order valence-electron chi connectivity index (χ3n) is 8.98. The minimum Gasteiger partial charge on any atom is -0.489 e. The van der Waals surface area contributed by atoms with Crippen LogP contribution in [0.2, 0.25) is 0 Å². The SMILES string of the molecule is COC(=O)C(C)(C)C(c1ccc2c(c1)C(N1Cc3ccccc3OC(C)C1)CC2)c1ccc2c(nnn2C)c1C. The number of ether oxygens (including phenoxy) is 2. The Morgan fingerprint density at radius 2 is 1.93 bits per heavy atom. The maximum atomic E-state index is 13.3. The Labute approximate surface area is 236 Å². The van der Waals surface area contributed by atoms with Gasteiger partial charge in [0, 0.05) is 37.7 Å². The van der Waals surface area contributed by atoms with Crippen LogP contribution in [0.5, 0.6) is 5.75 Å². The molecule has 0 radical (unpaired) electrons. The summed E-state index contributed by atoms with van der Waals surface area (Å²) < 4.78 is 13.4. The van der Waals surface area contributed by atoms with Crippen LogP contribution in [0.25, 0.3) is 11.0 Å². The molecule has 6 rings (SSSR count). The van der Waals surface area contributed by atoms with Crippen molar-refractivity contribution in [2.75, 3.05) is 13.7 Å². The summed E-state index contributed by atoms with van der Waals surface area (Å²) in [5.41, 5.74) is 8.24. The van der Waals surface area contributed by atoms with Gasteiger partial charge >= 0.3 is 5.97 Å². The molecule has 3 atom stereocenters. The van der Waals surface area contributed by atoms with Gasteiger partial charge in [-0.1, -0.05) is 47.7 Å². The monoisotopic (exact) mass is 538 g/mol. The fraction of sp³-hybridized carbons (Fsp3) is 0.424. The average Bonchev–Trinajstić information content (AvgIpc) is 3.48. The van der Waals surface area contributed by atoms with E-state index in [-0.39, 0.29) is 24.0 Å². The summed E-state index contributed by atoms with van der Waals surface area (Å²) in [5, 5.41) is 8.69. The minimum atomic E-state index is -0.804. The van der Waals surface area contributed by atoms with Crippen LogP contribution >= 0.6 is 0 Å². The lowest BCUT2D eigenvalue weighted by Crippen LogP contribution is -2.34. The van der Waals surface area contributed by atoms with Crippen LogP contribution in [0.1, 0.15) is 72.5 Å². The smallest absolute Gasteiger partial charge is 0.312 e. The Bertz CT molecular complexity index is 1590. The van der Waals surface area contributed by atoms with E-state index in [0.717, 1.165) is 59.4 Å². The van der Waals surface area contributed by atoms with Crippen LogP contribution in [0.15, 0.2) is 54.6 Å². The van der Waals surface area contributed by atoms with Gasteiger partial charge in [-0.3, -0.25) is 9.69 Å². The number of carbonyl (C=O) groups excluding carboxylic acids is 1. The number of benzene rings is 3. The summed E-state index contributed by atoms with van der Waals surface area (Å²) in [4.78, 5) is 15.8. The zero-order valence-corrected chi connectivity index (χ0v) is 24.3. The molecule has 0 N–H and O–H groups in total. The maximum absolute atomic E-state index is 13.3. The molecule has 1 aliphatic heterocycles. The van der Waals surface area contributed by atoms with Crippen LogP contribution < -0.4 is 4.74 Å².